The van der Waals surface area contributed by atoms with Crippen LogP contribution in [0.2, 0.25) is 0 Å². The van der Waals surface area contributed by atoms with Gasteiger partial charge < -0.3 is 15.4 Å². The molecule has 6 heteroatoms. The van der Waals surface area contributed by atoms with E-state index in [0.29, 0.717) is 11.4 Å². The van der Waals surface area contributed by atoms with Gasteiger partial charge in [0.1, 0.15) is 11.4 Å². The van der Waals surface area contributed by atoms with Crippen LogP contribution in [-0.4, -0.2) is 46.4 Å². The zero-order chi connectivity index (χ0) is 13.1. The molecule has 1 aromatic rings. The lowest BCUT2D eigenvalue weighted by Crippen LogP contribution is -2.41. The normalized spacial score (nSPS) is 17.1. The number of ether oxygens (including phenoxy) is 1. The predicted molar refractivity (Wildman–Crippen MR) is 68.2 cm³/mol. The first kappa shape index (κ1) is 12.9. The summed E-state index contributed by atoms with van der Waals surface area (Å²) in [5, 5.41) is 4.00. The van der Waals surface area contributed by atoms with E-state index in [1.807, 2.05) is 11.8 Å². The number of rotatable bonds is 3. The Bertz CT molecular complexity index is 422. The number of hydrogen-bond acceptors (Lipinski definition) is 4. The van der Waals surface area contributed by atoms with Crippen LogP contribution in [0.5, 0.6) is 0 Å². The number of piperidine rings is 1. The number of carbonyl (C=O) groups is 1. The molecule has 0 bridgehead atoms. The average molecular weight is 252 g/mol. The van der Waals surface area contributed by atoms with Gasteiger partial charge in [-0.15, -0.1) is 0 Å². The molecule has 0 aliphatic carbocycles. The zero-order valence-corrected chi connectivity index (χ0v) is 10.9. The molecule has 0 unspecified atom stereocenters. The topological polar surface area (TPSA) is 73.4 Å². The second kappa shape index (κ2) is 5.39. The molecule has 1 aliphatic heterocycles. The molecule has 0 saturated carbocycles. The largest absolute Gasteiger partial charge is 0.383 e. The molecular formula is C12H20N4O2. The van der Waals surface area contributed by atoms with E-state index < -0.39 is 0 Å². The number of hydrogen-bond donors (Lipinski definition) is 1. The summed E-state index contributed by atoms with van der Waals surface area (Å²) in [6.45, 7) is 4.16. The second-order valence-electron chi connectivity index (χ2n) is 4.51. The highest BCUT2D eigenvalue weighted by molar-refractivity contribution is 5.98. The Balaban J connectivity index is 1.97. The number of likely N-dealkylation sites (tertiary alicyclic amines) is 1. The Labute approximate surface area is 107 Å². The van der Waals surface area contributed by atoms with Crippen molar-refractivity contribution >= 4 is 11.7 Å². The number of aromatic nitrogens is 2. The maximum absolute atomic E-state index is 12.3. The quantitative estimate of drug-likeness (QED) is 0.857. The Kier molecular flexibility index (Phi) is 3.86. The third-order valence-corrected chi connectivity index (χ3v) is 3.35. The third kappa shape index (κ3) is 2.48. The molecule has 1 aromatic heterocycles. The summed E-state index contributed by atoms with van der Waals surface area (Å²) in [6, 6.07) is 0. The maximum atomic E-state index is 12.3. The molecule has 1 aliphatic rings. The van der Waals surface area contributed by atoms with Gasteiger partial charge in [-0.2, -0.15) is 5.10 Å². The predicted octanol–water partition coefficient (Wildman–Crippen LogP) is 0.643. The van der Waals surface area contributed by atoms with E-state index in [4.69, 9.17) is 10.5 Å². The maximum Gasteiger partial charge on any atom is 0.259 e. The number of anilines is 1. The molecule has 6 nitrogen and oxygen atoms in total. The van der Waals surface area contributed by atoms with Gasteiger partial charge in [-0.05, 0) is 19.8 Å². The minimum absolute atomic E-state index is 0.0319. The summed E-state index contributed by atoms with van der Waals surface area (Å²) >= 11 is 0. The summed E-state index contributed by atoms with van der Waals surface area (Å²) < 4.78 is 7.08. The first-order valence-electron chi connectivity index (χ1n) is 6.31. The molecule has 1 fully saturated rings. The lowest BCUT2D eigenvalue weighted by atomic mass is 10.1. The van der Waals surface area contributed by atoms with Crippen LogP contribution in [-0.2, 0) is 11.8 Å². The number of nitrogens with zero attached hydrogens (tertiary/aromatic N) is 3. The Hall–Kier alpha value is -1.56. The minimum atomic E-state index is -0.0319. The van der Waals surface area contributed by atoms with Crippen molar-refractivity contribution in [3.05, 3.63) is 11.8 Å². The SMILES string of the molecule is CCOC1CCN(C(=O)c2cnn(C)c2N)CC1. The van der Waals surface area contributed by atoms with Crippen LogP contribution in [0.15, 0.2) is 6.20 Å². The summed E-state index contributed by atoms with van der Waals surface area (Å²) in [6.07, 6.45) is 3.59. The van der Waals surface area contributed by atoms with Gasteiger partial charge in [-0.3, -0.25) is 9.48 Å². The van der Waals surface area contributed by atoms with Crippen molar-refractivity contribution in [2.45, 2.75) is 25.9 Å². The number of aryl methyl sites for hydroxylation is 1. The molecule has 1 saturated heterocycles. The van der Waals surface area contributed by atoms with E-state index >= 15 is 0 Å². The highest BCUT2D eigenvalue weighted by atomic mass is 16.5. The smallest absolute Gasteiger partial charge is 0.259 e. The van der Waals surface area contributed by atoms with Gasteiger partial charge in [0.05, 0.1) is 12.3 Å². The van der Waals surface area contributed by atoms with Crippen molar-refractivity contribution in [1.29, 1.82) is 0 Å². The monoisotopic (exact) mass is 252 g/mol. The van der Waals surface area contributed by atoms with Crippen LogP contribution in [0.3, 0.4) is 0 Å². The molecule has 0 spiro atoms. The summed E-state index contributed by atoms with van der Waals surface area (Å²) in [5.74, 6) is 0.391. The number of amides is 1. The van der Waals surface area contributed by atoms with Gasteiger partial charge >= 0.3 is 0 Å². The van der Waals surface area contributed by atoms with Crippen LogP contribution in [0.25, 0.3) is 0 Å². The van der Waals surface area contributed by atoms with E-state index in [2.05, 4.69) is 5.10 Å². The fourth-order valence-electron chi connectivity index (χ4n) is 2.24. The van der Waals surface area contributed by atoms with E-state index in [0.717, 1.165) is 32.5 Å². The van der Waals surface area contributed by atoms with Crippen molar-refractivity contribution in [2.75, 3.05) is 25.4 Å². The summed E-state index contributed by atoms with van der Waals surface area (Å²) in [7, 11) is 1.73. The Morgan fingerprint density at radius 2 is 2.22 bits per heavy atom. The van der Waals surface area contributed by atoms with E-state index in [1.54, 1.807) is 7.05 Å². The van der Waals surface area contributed by atoms with Gasteiger partial charge in [0.15, 0.2) is 0 Å². The zero-order valence-electron chi connectivity index (χ0n) is 10.9. The molecule has 2 rings (SSSR count). The highest BCUT2D eigenvalue weighted by Crippen LogP contribution is 2.18. The molecule has 0 atom stereocenters. The van der Waals surface area contributed by atoms with Crippen LogP contribution in [0.1, 0.15) is 30.1 Å². The number of nitrogens with two attached hydrogens (primary N) is 1. The molecule has 2 heterocycles. The van der Waals surface area contributed by atoms with Crippen molar-refractivity contribution in [3.63, 3.8) is 0 Å². The minimum Gasteiger partial charge on any atom is -0.383 e. The van der Waals surface area contributed by atoms with Crippen molar-refractivity contribution < 1.29 is 9.53 Å². The van der Waals surface area contributed by atoms with Crippen LogP contribution >= 0.6 is 0 Å². The van der Waals surface area contributed by atoms with Crippen molar-refractivity contribution in [3.8, 4) is 0 Å². The molecule has 100 valence electrons. The Morgan fingerprint density at radius 1 is 1.56 bits per heavy atom. The number of carbonyl (C=O) groups excluding carboxylic acids is 1. The lowest BCUT2D eigenvalue weighted by Gasteiger charge is -2.31. The fraction of sp³-hybridized carbons (Fsp3) is 0.667. The van der Waals surface area contributed by atoms with Gasteiger partial charge in [-0.1, -0.05) is 0 Å². The fourth-order valence-corrected chi connectivity index (χ4v) is 2.24. The Morgan fingerprint density at radius 3 is 2.72 bits per heavy atom. The van der Waals surface area contributed by atoms with Crippen LogP contribution < -0.4 is 5.73 Å². The highest BCUT2D eigenvalue weighted by Gasteiger charge is 2.26. The van der Waals surface area contributed by atoms with Crippen molar-refractivity contribution in [2.24, 2.45) is 7.05 Å². The second-order valence-corrected chi connectivity index (χ2v) is 4.51. The van der Waals surface area contributed by atoms with E-state index in [9.17, 15) is 4.79 Å². The van der Waals surface area contributed by atoms with Crippen molar-refractivity contribution in [1.82, 2.24) is 14.7 Å². The van der Waals surface area contributed by atoms with Gasteiger partial charge in [0, 0.05) is 26.7 Å². The van der Waals surface area contributed by atoms with Gasteiger partial charge in [0.2, 0.25) is 0 Å². The molecular weight excluding hydrogens is 232 g/mol. The molecule has 1 amide bonds. The van der Waals surface area contributed by atoms with Gasteiger partial charge in [0.25, 0.3) is 5.91 Å². The molecule has 2 N–H and O–H groups in total. The third-order valence-electron chi connectivity index (χ3n) is 3.35. The van der Waals surface area contributed by atoms with E-state index in [-0.39, 0.29) is 12.0 Å². The average Bonchev–Trinajstić information content (AvgIpc) is 2.71. The lowest BCUT2D eigenvalue weighted by molar-refractivity contribution is 0.0146. The molecule has 18 heavy (non-hydrogen) atoms. The van der Waals surface area contributed by atoms with E-state index in [1.165, 1.54) is 10.9 Å². The number of nitrogen functional groups attached to an aromatic ring is 1. The molecule has 0 aromatic carbocycles. The van der Waals surface area contributed by atoms with Gasteiger partial charge in [-0.25, -0.2) is 0 Å². The first-order valence-corrected chi connectivity index (χ1v) is 6.31. The standard InChI is InChI=1S/C12H20N4O2/c1-3-18-9-4-6-16(7-5-9)12(17)10-8-14-15(2)11(10)13/h8-9H,3-7,13H2,1-2H3. The molecule has 0 radical (unpaired) electrons. The van der Waals surface area contributed by atoms with Crippen LogP contribution in [0, 0.1) is 0 Å². The summed E-state index contributed by atoms with van der Waals surface area (Å²) in [4.78, 5) is 14.1. The van der Waals surface area contributed by atoms with Crippen LogP contribution in [0.4, 0.5) is 5.82 Å². The summed E-state index contributed by atoms with van der Waals surface area (Å²) in [5.41, 5.74) is 6.31. The first-order chi connectivity index (χ1) is 8.63.